The summed E-state index contributed by atoms with van der Waals surface area (Å²) in [6, 6.07) is 11.7. The molecule has 2 aliphatic carbocycles. The summed E-state index contributed by atoms with van der Waals surface area (Å²) in [5.41, 5.74) is 2.32. The predicted octanol–water partition coefficient (Wildman–Crippen LogP) is 5.66. The number of carbonyl (C=O) groups is 2. The number of halogens is 1. The molecule has 0 aromatic heterocycles. The van der Waals surface area contributed by atoms with E-state index in [9.17, 15) is 13.8 Å². The molecule has 2 aromatic carbocycles. The first-order valence-corrected chi connectivity index (χ1v) is 18.9. The van der Waals surface area contributed by atoms with Crippen molar-refractivity contribution in [3.8, 4) is 5.75 Å². The molecule has 6 rings (SSSR count). The zero-order valence-corrected chi connectivity index (χ0v) is 29.8. The molecule has 4 aliphatic rings. The highest BCUT2D eigenvalue weighted by Crippen LogP contribution is 2.49. The van der Waals surface area contributed by atoms with Gasteiger partial charge in [-0.3, -0.25) is 14.3 Å². The Kier molecular flexibility index (Phi) is 9.22. The molecule has 2 amide bonds. The van der Waals surface area contributed by atoms with Gasteiger partial charge in [0.05, 0.1) is 22.0 Å². The number of allylic oxidation sites excluding steroid dienone is 1. The molecule has 254 valence electrons. The molecule has 2 aromatic rings. The first kappa shape index (κ1) is 33.9. The Balaban J connectivity index is 1.48. The third-order valence-corrected chi connectivity index (χ3v) is 13.8. The first-order valence-electron chi connectivity index (χ1n) is 16.7. The topological polar surface area (TPSA) is 88.2 Å². The molecular formula is C37H48ClN3O5S. The van der Waals surface area contributed by atoms with Crippen molar-refractivity contribution in [2.75, 3.05) is 45.8 Å². The maximum absolute atomic E-state index is 14.0. The van der Waals surface area contributed by atoms with E-state index in [1.54, 1.807) is 32.2 Å². The smallest absolute Gasteiger partial charge is 0.262 e. The molecule has 1 saturated carbocycles. The number of nitrogens with zero attached hydrogens (tertiary/aromatic N) is 2. The van der Waals surface area contributed by atoms with Crippen LogP contribution in [0.5, 0.6) is 5.75 Å². The van der Waals surface area contributed by atoms with Crippen LogP contribution in [0, 0.1) is 17.8 Å². The molecule has 2 aliphatic heterocycles. The number of likely N-dealkylation sites (N-methyl/N-ethyl adjacent to an activating group) is 1. The monoisotopic (exact) mass is 681 g/mol. The van der Waals surface area contributed by atoms with Gasteiger partial charge in [-0.2, -0.15) is 0 Å². The zero-order chi connectivity index (χ0) is 33.7. The van der Waals surface area contributed by atoms with Gasteiger partial charge in [0.1, 0.15) is 5.75 Å². The van der Waals surface area contributed by atoms with Crippen LogP contribution in [0.25, 0.3) is 0 Å². The summed E-state index contributed by atoms with van der Waals surface area (Å²) < 4.78 is 29.5. The number of methoxy groups -OCH3 is 1. The number of anilines is 1. The lowest BCUT2D eigenvalue weighted by atomic mass is 9.63. The van der Waals surface area contributed by atoms with Gasteiger partial charge in [-0.05, 0) is 111 Å². The van der Waals surface area contributed by atoms with Crippen molar-refractivity contribution in [3.05, 3.63) is 70.3 Å². The average Bonchev–Trinajstić information content (AvgIpc) is 3.17. The van der Waals surface area contributed by atoms with Crippen molar-refractivity contribution in [3.63, 3.8) is 0 Å². The number of aryl methyl sites for hydroxylation is 1. The fourth-order valence-corrected chi connectivity index (χ4v) is 9.91. The normalized spacial score (nSPS) is 34.5. The quantitative estimate of drug-likeness (QED) is 0.325. The number of rotatable bonds is 2. The van der Waals surface area contributed by atoms with Gasteiger partial charge in [0.25, 0.3) is 11.8 Å². The van der Waals surface area contributed by atoms with E-state index >= 15 is 0 Å². The van der Waals surface area contributed by atoms with Gasteiger partial charge in [-0.1, -0.05) is 30.7 Å². The predicted molar refractivity (Wildman–Crippen MR) is 190 cm³/mol. The first-order chi connectivity index (χ1) is 22.3. The van der Waals surface area contributed by atoms with Crippen LogP contribution in [0.1, 0.15) is 67.4 Å². The molecule has 2 bridgehead atoms. The van der Waals surface area contributed by atoms with Gasteiger partial charge < -0.3 is 19.3 Å². The molecule has 10 heteroatoms. The molecule has 2 heterocycles. The van der Waals surface area contributed by atoms with Gasteiger partial charge >= 0.3 is 0 Å². The summed E-state index contributed by atoms with van der Waals surface area (Å²) in [6.07, 6.45) is 9.23. The number of nitrogens with one attached hydrogen (secondary N) is 1. The summed E-state index contributed by atoms with van der Waals surface area (Å²) in [7, 11) is 2.17. The Morgan fingerprint density at radius 2 is 1.98 bits per heavy atom. The number of ether oxygens (including phenoxy) is 2. The summed E-state index contributed by atoms with van der Waals surface area (Å²) in [5, 5.41) is 0.319. The average molecular weight is 682 g/mol. The lowest BCUT2D eigenvalue weighted by Crippen LogP contribution is -2.59. The van der Waals surface area contributed by atoms with E-state index in [-0.39, 0.29) is 29.1 Å². The van der Waals surface area contributed by atoms with Crippen molar-refractivity contribution < 1.29 is 23.3 Å². The molecule has 1 N–H and O–H groups in total. The van der Waals surface area contributed by atoms with Crippen molar-refractivity contribution in [1.82, 2.24) is 9.62 Å². The van der Waals surface area contributed by atoms with Gasteiger partial charge in [-0.15, -0.1) is 0 Å². The molecule has 47 heavy (non-hydrogen) atoms. The van der Waals surface area contributed by atoms with Crippen LogP contribution in [0.4, 0.5) is 5.69 Å². The Morgan fingerprint density at radius 3 is 2.68 bits per heavy atom. The largest absolute Gasteiger partial charge is 0.490 e. The maximum atomic E-state index is 14.0. The number of hydrogen-bond acceptors (Lipinski definition) is 6. The summed E-state index contributed by atoms with van der Waals surface area (Å²) in [5.74, 6) is 4.21. The minimum Gasteiger partial charge on any atom is -0.490 e. The van der Waals surface area contributed by atoms with Gasteiger partial charge in [-0.25, -0.2) is 4.21 Å². The van der Waals surface area contributed by atoms with Crippen molar-refractivity contribution in [2.24, 2.45) is 17.8 Å². The van der Waals surface area contributed by atoms with Crippen LogP contribution in [0.15, 0.2) is 48.6 Å². The second kappa shape index (κ2) is 12.8. The summed E-state index contributed by atoms with van der Waals surface area (Å²) >= 11 is 6.45. The van der Waals surface area contributed by atoms with Crippen LogP contribution in [0.2, 0.25) is 5.02 Å². The van der Waals surface area contributed by atoms with Crippen molar-refractivity contribution in [1.29, 1.82) is 0 Å². The number of amides is 2. The van der Waals surface area contributed by atoms with Gasteiger partial charge in [0.2, 0.25) is 0 Å². The Morgan fingerprint density at radius 1 is 1.19 bits per heavy atom. The molecular weight excluding hydrogens is 634 g/mol. The number of hydrogen-bond donors (Lipinski definition) is 1. The summed E-state index contributed by atoms with van der Waals surface area (Å²) in [4.78, 5) is 31.6. The molecule has 7 atom stereocenters. The highest BCUT2D eigenvalue weighted by Gasteiger charge is 2.53. The number of benzene rings is 2. The van der Waals surface area contributed by atoms with Crippen LogP contribution >= 0.6 is 11.6 Å². The standard InChI is InChI=1S/C37H48ClN3O5S/c1-24-9-7-18-37(45-5,35(43)40(3)4)31-14-11-28(31)21-41-22-36(17-8-10-26-19-29(38)13-15-30(26)36)23-46-33-16-12-27(20-32(33)41)34(42)39-47(6,44)25(24)2/h7,12-13,15-16,18-20,24-25,28,31H,6,8-11,14,17,21-23H2,1-5H3,(H,39,42,44)/b18-7+/t24-,25+,28-,31+,36-,37-,47?/m0/s1. The Labute approximate surface area is 285 Å². The molecule has 1 unspecified atom stereocenters. The number of fused-ring (bicyclic) bond motifs is 4. The van der Waals surface area contributed by atoms with Crippen molar-refractivity contribution in [2.45, 2.75) is 68.6 Å². The fourth-order valence-electron chi connectivity index (χ4n) is 8.23. The molecule has 8 nitrogen and oxygen atoms in total. The van der Waals surface area contributed by atoms with Crippen molar-refractivity contribution >= 4 is 44.7 Å². The van der Waals surface area contributed by atoms with E-state index in [1.165, 1.54) is 11.1 Å². The highest BCUT2D eigenvalue weighted by molar-refractivity contribution is 7.99. The third kappa shape index (κ3) is 6.08. The van der Waals surface area contributed by atoms with Gasteiger partial charge in [0, 0.05) is 61.5 Å². The SMILES string of the molecule is C=S1(=O)NC(=O)c2ccc3c(c2)N(C[C@@H]2CC[C@H]2[C@](OC)(C(=O)N(C)C)/C=C/C[C@H](C)[C@H]1C)C[C@@]1(CCCc2cc(Cl)ccc21)CO3. The van der Waals surface area contributed by atoms with E-state index in [0.29, 0.717) is 37.4 Å². The zero-order valence-electron chi connectivity index (χ0n) is 28.2. The molecule has 0 saturated heterocycles. The van der Waals surface area contributed by atoms with Crippen LogP contribution in [0.3, 0.4) is 0 Å². The maximum Gasteiger partial charge on any atom is 0.262 e. The summed E-state index contributed by atoms with van der Waals surface area (Å²) in [6.45, 7) is 5.69. The van der Waals surface area contributed by atoms with Crippen LogP contribution in [-0.4, -0.2) is 78.5 Å². The third-order valence-electron chi connectivity index (χ3n) is 11.3. The minimum absolute atomic E-state index is 0.0520. The molecule has 0 radical (unpaired) electrons. The second-order valence-electron chi connectivity index (χ2n) is 14.4. The lowest BCUT2D eigenvalue weighted by Gasteiger charge is -2.50. The molecule has 1 fully saturated rings. The lowest BCUT2D eigenvalue weighted by molar-refractivity contribution is -0.160. The minimum atomic E-state index is -3.00. The number of carbonyl (C=O) groups excluding carboxylic acids is 2. The highest BCUT2D eigenvalue weighted by atomic mass is 35.5. The Bertz CT molecular complexity index is 1690. The van der Waals surface area contributed by atoms with Crippen LogP contribution in [-0.2, 0) is 31.1 Å². The second-order valence-corrected chi connectivity index (χ2v) is 17.2. The molecule has 1 spiro atoms. The fraction of sp³-hybridized carbons (Fsp3) is 0.541. The van der Waals surface area contributed by atoms with E-state index in [1.807, 2.05) is 44.2 Å². The van der Waals surface area contributed by atoms with E-state index in [4.69, 9.17) is 21.1 Å². The van der Waals surface area contributed by atoms with E-state index < -0.39 is 26.5 Å². The Hall–Kier alpha value is -3.01. The van der Waals surface area contributed by atoms with Crippen LogP contribution < -0.4 is 14.4 Å². The van der Waals surface area contributed by atoms with E-state index in [0.717, 1.165) is 42.8 Å². The van der Waals surface area contributed by atoms with E-state index in [2.05, 4.69) is 27.6 Å². The van der Waals surface area contributed by atoms with Gasteiger partial charge in [0.15, 0.2) is 5.60 Å².